The zero-order chi connectivity index (χ0) is 26.3. The molecule has 0 amide bonds. The molecule has 0 spiro atoms. The molecule has 1 aromatic carbocycles. The SMILES string of the molecule is CCCCn1cc(-c2ccc(O[C@H]3CCNC[C@@H]3F)cc2)c2ccncc2c1=O.O=C(O)C(F)(F)F. The van der Waals surface area contributed by atoms with E-state index in [0.717, 1.165) is 35.9 Å². The highest BCUT2D eigenvalue weighted by atomic mass is 19.4. The van der Waals surface area contributed by atoms with E-state index >= 15 is 0 Å². The Morgan fingerprint density at radius 1 is 1.22 bits per heavy atom. The second-order valence-electron chi connectivity index (χ2n) is 8.31. The summed E-state index contributed by atoms with van der Waals surface area (Å²) < 4.78 is 53.4. The predicted molar refractivity (Wildman–Crippen MR) is 127 cm³/mol. The summed E-state index contributed by atoms with van der Waals surface area (Å²) in [5.41, 5.74) is 1.96. The number of hydrogen-bond donors (Lipinski definition) is 2. The summed E-state index contributed by atoms with van der Waals surface area (Å²) in [6.07, 6.45) is 1.40. The highest BCUT2D eigenvalue weighted by Crippen LogP contribution is 2.29. The van der Waals surface area contributed by atoms with Gasteiger partial charge in [-0.25, -0.2) is 9.18 Å². The molecule has 1 fully saturated rings. The number of fused-ring (bicyclic) bond motifs is 1. The van der Waals surface area contributed by atoms with E-state index in [9.17, 15) is 22.4 Å². The number of pyridine rings is 2. The van der Waals surface area contributed by atoms with Gasteiger partial charge in [0.25, 0.3) is 5.56 Å². The van der Waals surface area contributed by atoms with Crippen molar-refractivity contribution in [2.45, 2.75) is 51.2 Å². The van der Waals surface area contributed by atoms with Crippen molar-refractivity contribution < 1.29 is 32.2 Å². The molecule has 36 heavy (non-hydrogen) atoms. The Balaban J connectivity index is 0.000000454. The highest BCUT2D eigenvalue weighted by Gasteiger charge is 2.38. The topological polar surface area (TPSA) is 93.5 Å². The van der Waals surface area contributed by atoms with Crippen LogP contribution in [0.2, 0.25) is 0 Å². The number of carboxylic acid groups (broad SMARTS) is 1. The van der Waals surface area contributed by atoms with Gasteiger partial charge in [-0.1, -0.05) is 25.5 Å². The second-order valence-corrected chi connectivity index (χ2v) is 8.31. The maximum absolute atomic E-state index is 14.0. The fraction of sp³-hybridized carbons (Fsp3) is 0.400. The average molecular weight is 510 g/mol. The van der Waals surface area contributed by atoms with Crippen LogP contribution in [-0.2, 0) is 11.3 Å². The molecule has 0 radical (unpaired) electrons. The standard InChI is InChI=1S/C23H26FN3O2.C2HF3O2/c1-2-3-12-27-15-20(18-8-10-25-13-19(18)23(27)28)16-4-6-17(7-5-16)29-22-9-11-26-14-21(22)24;3-2(4,5)1(6)7/h4-8,10,13,15,21-22,26H,2-3,9,11-12,14H2,1H3;(H,6,7)/t21-,22-;/m0./s1. The Morgan fingerprint density at radius 2 is 1.92 bits per heavy atom. The van der Waals surface area contributed by atoms with E-state index in [1.54, 1.807) is 17.0 Å². The number of ether oxygens (including phenoxy) is 1. The van der Waals surface area contributed by atoms with Gasteiger partial charge in [0.05, 0.1) is 5.39 Å². The minimum absolute atomic E-state index is 0.00912. The Hall–Kier alpha value is -3.47. The van der Waals surface area contributed by atoms with Crippen LogP contribution in [0.25, 0.3) is 21.9 Å². The van der Waals surface area contributed by atoms with Crippen molar-refractivity contribution in [3.8, 4) is 16.9 Å². The van der Waals surface area contributed by atoms with Gasteiger partial charge in [0.1, 0.15) is 18.0 Å². The van der Waals surface area contributed by atoms with E-state index in [0.29, 0.717) is 30.6 Å². The summed E-state index contributed by atoms with van der Waals surface area (Å²) in [5, 5.41) is 11.7. The fourth-order valence-electron chi connectivity index (χ4n) is 3.78. The monoisotopic (exact) mass is 509 g/mol. The minimum atomic E-state index is -5.08. The number of nitrogens with one attached hydrogen (secondary N) is 1. The molecule has 0 unspecified atom stereocenters. The maximum Gasteiger partial charge on any atom is 0.490 e. The van der Waals surface area contributed by atoms with E-state index in [4.69, 9.17) is 14.6 Å². The molecule has 0 bridgehead atoms. The molecule has 194 valence electrons. The third-order valence-corrected chi connectivity index (χ3v) is 5.68. The van der Waals surface area contributed by atoms with Gasteiger partial charge in [0, 0.05) is 37.2 Å². The minimum Gasteiger partial charge on any atom is -0.487 e. The number of aromatic nitrogens is 2. The molecule has 1 aliphatic heterocycles. The molecule has 2 aromatic heterocycles. The Labute approximate surface area is 204 Å². The molecule has 7 nitrogen and oxygen atoms in total. The largest absolute Gasteiger partial charge is 0.490 e. The number of nitrogens with zero attached hydrogens (tertiary/aromatic N) is 2. The number of aryl methyl sites for hydroxylation is 1. The highest BCUT2D eigenvalue weighted by molar-refractivity contribution is 5.95. The summed E-state index contributed by atoms with van der Waals surface area (Å²) in [6.45, 7) is 3.89. The van der Waals surface area contributed by atoms with E-state index in [2.05, 4.69) is 17.2 Å². The van der Waals surface area contributed by atoms with Crippen LogP contribution in [0.3, 0.4) is 0 Å². The fourth-order valence-corrected chi connectivity index (χ4v) is 3.78. The summed E-state index contributed by atoms with van der Waals surface area (Å²) >= 11 is 0. The van der Waals surface area contributed by atoms with Crippen LogP contribution in [0.1, 0.15) is 26.2 Å². The van der Waals surface area contributed by atoms with E-state index < -0.39 is 24.4 Å². The first-order chi connectivity index (χ1) is 17.1. The molecule has 3 aromatic rings. The third-order valence-electron chi connectivity index (χ3n) is 5.68. The molecule has 1 saturated heterocycles. The van der Waals surface area contributed by atoms with Crippen molar-refractivity contribution in [2.75, 3.05) is 13.1 Å². The number of benzene rings is 1. The second kappa shape index (κ2) is 12.0. The van der Waals surface area contributed by atoms with Crippen LogP contribution in [0.15, 0.2) is 53.7 Å². The zero-order valence-electron chi connectivity index (χ0n) is 19.6. The van der Waals surface area contributed by atoms with E-state index in [1.807, 2.05) is 36.5 Å². The van der Waals surface area contributed by atoms with Gasteiger partial charge < -0.3 is 19.7 Å². The van der Waals surface area contributed by atoms with E-state index in [-0.39, 0.29) is 5.56 Å². The number of hydrogen-bond acceptors (Lipinski definition) is 5. The first kappa shape index (κ1) is 27.1. The molecule has 11 heteroatoms. The predicted octanol–water partition coefficient (Wildman–Crippen LogP) is 4.58. The van der Waals surface area contributed by atoms with Gasteiger partial charge in [0.15, 0.2) is 0 Å². The number of halogens is 4. The number of unbranched alkanes of at least 4 members (excludes halogenated alkanes) is 1. The molecular weight excluding hydrogens is 482 g/mol. The number of alkyl halides is 4. The lowest BCUT2D eigenvalue weighted by molar-refractivity contribution is -0.192. The van der Waals surface area contributed by atoms with Crippen molar-refractivity contribution in [3.63, 3.8) is 0 Å². The molecule has 3 heterocycles. The van der Waals surface area contributed by atoms with Crippen LogP contribution >= 0.6 is 0 Å². The van der Waals surface area contributed by atoms with Crippen molar-refractivity contribution in [3.05, 3.63) is 59.3 Å². The van der Waals surface area contributed by atoms with Crippen molar-refractivity contribution in [1.82, 2.24) is 14.9 Å². The summed E-state index contributed by atoms with van der Waals surface area (Å²) in [5.74, 6) is -2.10. The molecule has 0 saturated carbocycles. The zero-order valence-corrected chi connectivity index (χ0v) is 19.6. The first-order valence-electron chi connectivity index (χ1n) is 11.5. The van der Waals surface area contributed by atoms with Gasteiger partial charge in [-0.05, 0) is 48.5 Å². The number of carboxylic acids is 1. The van der Waals surface area contributed by atoms with Gasteiger partial charge in [-0.2, -0.15) is 13.2 Å². The number of aliphatic carboxylic acids is 1. The molecule has 0 aliphatic carbocycles. The summed E-state index contributed by atoms with van der Waals surface area (Å²) in [6, 6.07) is 9.56. The third kappa shape index (κ3) is 6.81. The van der Waals surface area contributed by atoms with Crippen LogP contribution in [-0.4, -0.2) is 52.2 Å². The summed E-state index contributed by atoms with van der Waals surface area (Å²) in [7, 11) is 0. The number of rotatable bonds is 6. The molecule has 4 rings (SSSR count). The van der Waals surface area contributed by atoms with Crippen molar-refractivity contribution in [1.29, 1.82) is 0 Å². The molecule has 2 N–H and O–H groups in total. The van der Waals surface area contributed by atoms with Crippen molar-refractivity contribution >= 4 is 16.7 Å². The van der Waals surface area contributed by atoms with Crippen LogP contribution in [0.5, 0.6) is 5.75 Å². The molecule has 2 atom stereocenters. The first-order valence-corrected chi connectivity index (χ1v) is 11.5. The van der Waals surface area contributed by atoms with Gasteiger partial charge in [-0.15, -0.1) is 0 Å². The van der Waals surface area contributed by atoms with Gasteiger partial charge in [0.2, 0.25) is 0 Å². The molecular formula is C25H27F4N3O4. The summed E-state index contributed by atoms with van der Waals surface area (Å²) in [4.78, 5) is 25.8. The van der Waals surface area contributed by atoms with Crippen molar-refractivity contribution in [2.24, 2.45) is 0 Å². The molecule has 1 aliphatic rings. The Bertz CT molecular complexity index is 1230. The lowest BCUT2D eigenvalue weighted by atomic mass is 10.0. The number of carbonyl (C=O) groups is 1. The lowest BCUT2D eigenvalue weighted by Crippen LogP contribution is -2.44. The number of piperidine rings is 1. The Kier molecular flexibility index (Phi) is 9.03. The normalized spacial score (nSPS) is 17.8. The van der Waals surface area contributed by atoms with Crippen LogP contribution in [0, 0.1) is 0 Å². The van der Waals surface area contributed by atoms with Crippen LogP contribution in [0.4, 0.5) is 17.6 Å². The van der Waals surface area contributed by atoms with E-state index in [1.165, 1.54) is 0 Å². The Morgan fingerprint density at radius 3 is 2.53 bits per heavy atom. The van der Waals surface area contributed by atoms with Gasteiger partial charge in [-0.3, -0.25) is 9.78 Å². The smallest absolute Gasteiger partial charge is 0.487 e. The van der Waals surface area contributed by atoms with Gasteiger partial charge >= 0.3 is 12.1 Å². The quantitative estimate of drug-likeness (QED) is 0.473. The van der Waals surface area contributed by atoms with Crippen LogP contribution < -0.4 is 15.6 Å². The average Bonchev–Trinajstić information content (AvgIpc) is 2.85. The lowest BCUT2D eigenvalue weighted by Gasteiger charge is -2.27. The maximum atomic E-state index is 14.0.